The van der Waals surface area contributed by atoms with Crippen LogP contribution in [-0.4, -0.2) is 62.6 Å². The van der Waals surface area contributed by atoms with Gasteiger partial charge in [0.15, 0.2) is 6.29 Å². The summed E-state index contributed by atoms with van der Waals surface area (Å²) >= 11 is 0. The molecule has 243 valence electrons. The van der Waals surface area contributed by atoms with Crippen LogP contribution in [0.15, 0.2) is 18.2 Å². The first-order valence-electron chi connectivity index (χ1n) is 16.4. The summed E-state index contributed by atoms with van der Waals surface area (Å²) in [5.41, 5.74) is 2.32. The van der Waals surface area contributed by atoms with E-state index in [-0.39, 0.29) is 25.6 Å². The minimum atomic E-state index is -0.522. The molecule has 44 heavy (non-hydrogen) atoms. The van der Waals surface area contributed by atoms with E-state index < -0.39 is 12.4 Å². The van der Waals surface area contributed by atoms with Crippen LogP contribution in [0, 0.1) is 30.6 Å². The Balaban J connectivity index is 1.75. The van der Waals surface area contributed by atoms with Crippen LogP contribution < -0.4 is 5.32 Å². The molecule has 0 aliphatic carbocycles. The lowest BCUT2D eigenvalue weighted by molar-refractivity contribution is -0.158. The molecule has 0 unspecified atom stereocenters. The van der Waals surface area contributed by atoms with E-state index in [0.29, 0.717) is 39.0 Å². The lowest BCUT2D eigenvalue weighted by atomic mass is 10.1. The summed E-state index contributed by atoms with van der Waals surface area (Å²) < 4.78 is 22.7. The third-order valence-electron chi connectivity index (χ3n) is 6.98. The topological polar surface area (TPSA) is 86.3 Å². The van der Waals surface area contributed by atoms with Gasteiger partial charge in [-0.05, 0) is 68.5 Å². The molecule has 1 fully saturated rings. The van der Waals surface area contributed by atoms with Crippen LogP contribution >= 0.6 is 0 Å². The van der Waals surface area contributed by atoms with Crippen molar-refractivity contribution in [2.75, 3.05) is 39.4 Å². The standard InChI is InChI=1S/C36H53N2O6/c1-4-6-8-10-12-16-24-41-35(42-25-17-13-11-9-7-5-2)19-18-34(39)43-29-32-26-31(3)27-33(28-32)30-44-36(40)37-20-23-38-21-14-15-22-38/h26-28,35H,3-9,14-25,29-30H2,1-2H3,(H,37,40). The van der Waals surface area contributed by atoms with E-state index in [2.05, 4.69) is 54.7 Å². The highest BCUT2D eigenvalue weighted by molar-refractivity contribution is 5.69. The van der Waals surface area contributed by atoms with Crippen molar-refractivity contribution < 1.29 is 28.5 Å². The first-order chi connectivity index (χ1) is 21.5. The van der Waals surface area contributed by atoms with Gasteiger partial charge in [-0.3, -0.25) is 4.79 Å². The van der Waals surface area contributed by atoms with Gasteiger partial charge in [0.25, 0.3) is 0 Å². The van der Waals surface area contributed by atoms with Crippen molar-refractivity contribution in [3.05, 3.63) is 41.8 Å². The summed E-state index contributed by atoms with van der Waals surface area (Å²) in [5, 5.41) is 2.80. The highest BCUT2D eigenvalue weighted by Gasteiger charge is 2.14. The second-order valence-corrected chi connectivity index (χ2v) is 11.0. The fourth-order valence-corrected chi connectivity index (χ4v) is 4.58. The Morgan fingerprint density at radius 1 is 0.864 bits per heavy atom. The summed E-state index contributed by atoms with van der Waals surface area (Å²) in [4.78, 5) is 27.0. The predicted octanol–water partition coefficient (Wildman–Crippen LogP) is 6.54. The van der Waals surface area contributed by atoms with Gasteiger partial charge >= 0.3 is 12.1 Å². The van der Waals surface area contributed by atoms with Crippen molar-refractivity contribution in [1.29, 1.82) is 0 Å². The fraction of sp³-hybridized carbons (Fsp3) is 0.639. The van der Waals surface area contributed by atoms with Crippen LogP contribution in [0.5, 0.6) is 0 Å². The van der Waals surface area contributed by atoms with Crippen LogP contribution in [0.1, 0.15) is 108 Å². The zero-order valence-corrected chi connectivity index (χ0v) is 27.1. The summed E-state index contributed by atoms with van der Waals surface area (Å²) in [6.45, 7) is 13.0. The number of carbonyl (C=O) groups is 2. The molecule has 0 saturated carbocycles. The van der Waals surface area contributed by atoms with Gasteiger partial charge in [0.1, 0.15) is 13.2 Å². The molecule has 1 aliphatic heterocycles. The second-order valence-electron chi connectivity index (χ2n) is 11.0. The molecule has 1 heterocycles. The molecule has 0 spiro atoms. The lowest BCUT2D eigenvalue weighted by Gasteiger charge is -2.17. The normalized spacial score (nSPS) is 12.7. The van der Waals surface area contributed by atoms with E-state index in [4.69, 9.17) is 18.9 Å². The third-order valence-corrected chi connectivity index (χ3v) is 6.98. The Hall–Kier alpha value is -3.04. The molecule has 1 N–H and O–H groups in total. The number of hydrogen-bond donors (Lipinski definition) is 1. The molecule has 1 amide bonds. The minimum Gasteiger partial charge on any atom is -0.461 e. The van der Waals surface area contributed by atoms with Gasteiger partial charge in [-0.1, -0.05) is 38.8 Å². The molecule has 2 rings (SSSR count). The molecular weight excluding hydrogens is 556 g/mol. The van der Waals surface area contributed by atoms with Crippen LogP contribution in [0.2, 0.25) is 0 Å². The van der Waals surface area contributed by atoms with Crippen LogP contribution in [0.4, 0.5) is 4.79 Å². The highest BCUT2D eigenvalue weighted by Crippen LogP contribution is 2.14. The highest BCUT2D eigenvalue weighted by atomic mass is 16.7. The molecule has 0 aromatic heterocycles. The number of amides is 1. The molecule has 0 atom stereocenters. The Kier molecular flexibility index (Phi) is 20.5. The number of ether oxygens (including phenoxy) is 4. The third kappa shape index (κ3) is 18.6. The number of nitrogens with one attached hydrogen (secondary N) is 1. The van der Waals surface area contributed by atoms with Crippen molar-refractivity contribution in [3.63, 3.8) is 0 Å². The van der Waals surface area contributed by atoms with Gasteiger partial charge in [-0.2, -0.15) is 0 Å². The minimum absolute atomic E-state index is 0.101. The van der Waals surface area contributed by atoms with E-state index in [1.807, 2.05) is 18.2 Å². The van der Waals surface area contributed by atoms with Gasteiger partial charge < -0.3 is 29.2 Å². The molecule has 0 bridgehead atoms. The maximum absolute atomic E-state index is 12.6. The fourth-order valence-electron chi connectivity index (χ4n) is 4.58. The average Bonchev–Trinajstić information content (AvgIpc) is 3.53. The first kappa shape index (κ1) is 37.1. The number of carbonyl (C=O) groups excluding carboxylic acids is 2. The van der Waals surface area contributed by atoms with E-state index in [0.717, 1.165) is 74.8 Å². The quantitative estimate of drug-likeness (QED) is 0.0778. The Labute approximate surface area is 265 Å². The van der Waals surface area contributed by atoms with Gasteiger partial charge in [0.2, 0.25) is 0 Å². The number of unbranched alkanes of at least 4 members (excludes halogenated alkanes) is 4. The molecule has 8 nitrogen and oxygen atoms in total. The Bertz CT molecular complexity index is 1050. The zero-order valence-electron chi connectivity index (χ0n) is 27.1. The van der Waals surface area contributed by atoms with Crippen molar-refractivity contribution in [3.8, 4) is 23.7 Å². The Morgan fingerprint density at radius 3 is 2.02 bits per heavy atom. The summed E-state index contributed by atoms with van der Waals surface area (Å²) in [7, 11) is 0. The van der Waals surface area contributed by atoms with Crippen LogP contribution in [-0.2, 0) is 37.0 Å². The van der Waals surface area contributed by atoms with Crippen molar-refractivity contribution in [1.82, 2.24) is 10.2 Å². The molecule has 1 aromatic rings. The molecular formula is C36H53N2O6. The van der Waals surface area contributed by atoms with Crippen molar-refractivity contribution >= 4 is 12.1 Å². The van der Waals surface area contributed by atoms with Gasteiger partial charge in [0, 0.05) is 45.2 Å². The second kappa shape index (κ2) is 24.3. The number of hydrogen-bond acceptors (Lipinski definition) is 7. The molecule has 1 radical (unpaired) electrons. The number of esters is 1. The average molecular weight is 610 g/mol. The van der Waals surface area contributed by atoms with Gasteiger partial charge in [0.05, 0.1) is 19.6 Å². The van der Waals surface area contributed by atoms with Crippen LogP contribution in [0.3, 0.4) is 0 Å². The number of benzene rings is 1. The maximum atomic E-state index is 12.6. The van der Waals surface area contributed by atoms with Crippen LogP contribution in [0.25, 0.3) is 0 Å². The van der Waals surface area contributed by atoms with E-state index in [9.17, 15) is 9.59 Å². The van der Waals surface area contributed by atoms with E-state index >= 15 is 0 Å². The van der Waals surface area contributed by atoms with Gasteiger partial charge in [-0.25, -0.2) is 4.79 Å². The van der Waals surface area contributed by atoms with E-state index in [1.165, 1.54) is 12.8 Å². The molecule has 1 aliphatic rings. The summed E-state index contributed by atoms with van der Waals surface area (Å²) in [5.74, 6) is 12.3. The number of nitrogens with zero attached hydrogens (tertiary/aromatic N) is 1. The predicted molar refractivity (Wildman–Crippen MR) is 173 cm³/mol. The van der Waals surface area contributed by atoms with Crippen molar-refractivity contribution in [2.45, 2.75) is 110 Å². The van der Waals surface area contributed by atoms with E-state index in [1.54, 1.807) is 0 Å². The maximum Gasteiger partial charge on any atom is 0.407 e. The SMILES string of the molecule is [CH2]c1cc(COC(=O)CCC(OCCC#CCCCC)OCCC#CCCCC)cc(COC(=O)NCCN2CCCC2)c1. The monoisotopic (exact) mass is 609 g/mol. The summed E-state index contributed by atoms with van der Waals surface area (Å²) in [6, 6.07) is 5.56. The molecule has 1 aromatic carbocycles. The summed E-state index contributed by atoms with van der Waals surface area (Å²) in [6.07, 6.45) is 9.53. The van der Waals surface area contributed by atoms with Gasteiger partial charge in [-0.15, -0.1) is 23.7 Å². The Morgan fingerprint density at radius 2 is 1.43 bits per heavy atom. The smallest absolute Gasteiger partial charge is 0.407 e. The number of rotatable bonds is 20. The number of alkyl carbamates (subject to hydrolysis) is 1. The zero-order chi connectivity index (χ0) is 31.7. The van der Waals surface area contributed by atoms with Crippen molar-refractivity contribution in [2.24, 2.45) is 0 Å². The molecule has 8 heteroatoms. The lowest BCUT2D eigenvalue weighted by Crippen LogP contribution is -2.33. The first-order valence-corrected chi connectivity index (χ1v) is 16.4. The largest absolute Gasteiger partial charge is 0.461 e. The number of likely N-dealkylation sites (tertiary alicyclic amines) is 1. The molecule has 1 saturated heterocycles.